The van der Waals surface area contributed by atoms with E-state index in [1.54, 1.807) is 40.0 Å². The fourth-order valence-corrected chi connectivity index (χ4v) is 5.15. The summed E-state index contributed by atoms with van der Waals surface area (Å²) in [5, 5.41) is 6.74. The van der Waals surface area contributed by atoms with Crippen molar-refractivity contribution in [3.05, 3.63) is 64.7 Å². The maximum atomic E-state index is 13.6. The predicted molar refractivity (Wildman–Crippen MR) is 141 cm³/mol. The molecule has 10 heteroatoms. The molecule has 4 amide bonds. The Balaban J connectivity index is 1.58. The number of amides is 4. The maximum Gasteiger partial charge on any atom is 0.334 e. The highest BCUT2D eigenvalue weighted by atomic mass is 35.5. The molecule has 0 bridgehead atoms. The van der Waals surface area contributed by atoms with Crippen LogP contribution in [0.3, 0.4) is 0 Å². The van der Waals surface area contributed by atoms with Gasteiger partial charge in [-0.15, -0.1) is 0 Å². The Hall–Kier alpha value is -3.30. The number of halogens is 1. The van der Waals surface area contributed by atoms with Crippen molar-refractivity contribution in [3.63, 3.8) is 0 Å². The van der Waals surface area contributed by atoms with Gasteiger partial charge >= 0.3 is 6.03 Å². The molecule has 4 rings (SSSR count). The first-order valence-corrected chi connectivity index (χ1v) is 13.0. The number of nitrogens with one attached hydrogen (secondary N) is 1. The van der Waals surface area contributed by atoms with Gasteiger partial charge in [0.25, 0.3) is 0 Å². The normalized spacial score (nSPS) is 20.2. The van der Waals surface area contributed by atoms with Crippen LogP contribution in [0.5, 0.6) is 5.75 Å². The molecule has 198 valence electrons. The Morgan fingerprint density at radius 2 is 1.86 bits per heavy atom. The quantitative estimate of drug-likeness (QED) is 0.568. The van der Waals surface area contributed by atoms with E-state index in [2.05, 4.69) is 12.2 Å². The van der Waals surface area contributed by atoms with Gasteiger partial charge in [-0.25, -0.2) is 14.8 Å². The molecule has 0 aromatic heterocycles. The van der Waals surface area contributed by atoms with Crippen LogP contribution in [0.25, 0.3) is 0 Å². The largest absolute Gasteiger partial charge is 0.497 e. The average Bonchev–Trinajstić information content (AvgIpc) is 2.89. The zero-order valence-electron chi connectivity index (χ0n) is 21.5. The van der Waals surface area contributed by atoms with E-state index >= 15 is 0 Å². The van der Waals surface area contributed by atoms with E-state index in [4.69, 9.17) is 16.3 Å². The first kappa shape index (κ1) is 26.8. The molecule has 2 aliphatic heterocycles. The van der Waals surface area contributed by atoms with Gasteiger partial charge in [0, 0.05) is 25.2 Å². The number of methoxy groups -OCH3 is 1. The summed E-state index contributed by atoms with van der Waals surface area (Å²) < 4.78 is 5.20. The van der Waals surface area contributed by atoms with Gasteiger partial charge in [-0.3, -0.25) is 9.59 Å². The van der Waals surface area contributed by atoms with Gasteiger partial charge in [0.1, 0.15) is 18.0 Å². The highest BCUT2D eigenvalue weighted by Gasteiger charge is 2.50. The first-order valence-electron chi connectivity index (χ1n) is 12.6. The van der Waals surface area contributed by atoms with Gasteiger partial charge in [-0.05, 0) is 35.7 Å². The summed E-state index contributed by atoms with van der Waals surface area (Å²) in [7, 11) is 3.33. The van der Waals surface area contributed by atoms with Crippen molar-refractivity contribution >= 4 is 29.4 Å². The van der Waals surface area contributed by atoms with Crippen molar-refractivity contribution < 1.29 is 19.1 Å². The number of nitrogens with zero attached hydrogens (tertiary/aromatic N) is 4. The molecular weight excluding hydrogens is 494 g/mol. The molecule has 0 unspecified atom stereocenters. The number of hydrazine groups is 1. The Kier molecular flexibility index (Phi) is 8.56. The van der Waals surface area contributed by atoms with Gasteiger partial charge in [0.05, 0.1) is 20.2 Å². The number of unbranched alkanes of at least 4 members (excludes halogenated alkanes) is 1. The number of piperazine rings is 1. The van der Waals surface area contributed by atoms with Crippen LogP contribution in [0, 0.1) is 0 Å². The Morgan fingerprint density at radius 1 is 1.14 bits per heavy atom. The lowest BCUT2D eigenvalue weighted by Gasteiger charge is -2.54. The van der Waals surface area contributed by atoms with E-state index in [1.165, 1.54) is 0 Å². The number of hydrogen-bond donors (Lipinski definition) is 1. The van der Waals surface area contributed by atoms with Crippen LogP contribution in [0.1, 0.15) is 37.3 Å². The van der Waals surface area contributed by atoms with Crippen LogP contribution >= 0.6 is 11.6 Å². The lowest BCUT2D eigenvalue weighted by atomic mass is 10.0. The molecule has 2 aromatic rings. The summed E-state index contributed by atoms with van der Waals surface area (Å²) in [4.78, 5) is 43.6. The molecule has 2 heterocycles. The molecule has 0 radical (unpaired) electrons. The molecule has 2 saturated heterocycles. The number of carbonyl (C=O) groups excluding carboxylic acids is 3. The number of hydrogen-bond acceptors (Lipinski definition) is 5. The lowest BCUT2D eigenvalue weighted by Crippen LogP contribution is -2.75. The molecule has 2 aliphatic rings. The highest BCUT2D eigenvalue weighted by molar-refractivity contribution is 6.31. The van der Waals surface area contributed by atoms with Crippen LogP contribution in [-0.4, -0.2) is 77.1 Å². The minimum atomic E-state index is -0.626. The standard InChI is InChI=1S/C27H34ClN5O4/c1-4-5-10-23-26(35)31(16-20-8-6-7-9-22(20)28)17-24-32(23)25(34)18-30(2)33(24)27(36)29-15-19-11-13-21(37-3)14-12-19/h6-9,11-14,23-24H,4-5,10,15-18H2,1-3H3,(H,29,36)/t23-,24-/m0/s1. The zero-order valence-corrected chi connectivity index (χ0v) is 22.3. The second kappa shape index (κ2) is 11.8. The van der Waals surface area contributed by atoms with E-state index in [0.29, 0.717) is 24.5 Å². The topological polar surface area (TPSA) is 85.4 Å². The van der Waals surface area contributed by atoms with Gasteiger partial charge in [-0.1, -0.05) is 61.7 Å². The van der Waals surface area contributed by atoms with Crippen LogP contribution in [0.4, 0.5) is 4.79 Å². The van der Waals surface area contributed by atoms with Crippen LogP contribution in [-0.2, 0) is 22.7 Å². The second-order valence-corrected chi connectivity index (χ2v) is 9.82. The molecular formula is C27H34ClN5O4. The highest BCUT2D eigenvalue weighted by Crippen LogP contribution is 2.30. The molecule has 1 N–H and O–H groups in total. The van der Waals surface area contributed by atoms with Gasteiger partial charge in [0.15, 0.2) is 0 Å². The summed E-state index contributed by atoms with van der Waals surface area (Å²) in [6.45, 7) is 2.89. The van der Waals surface area contributed by atoms with Crippen LogP contribution < -0.4 is 10.1 Å². The minimum absolute atomic E-state index is 0.0207. The van der Waals surface area contributed by atoms with E-state index in [9.17, 15) is 14.4 Å². The fourth-order valence-electron chi connectivity index (χ4n) is 4.96. The molecule has 2 fully saturated rings. The van der Waals surface area contributed by atoms with Gasteiger partial charge < -0.3 is 19.9 Å². The monoisotopic (exact) mass is 527 g/mol. The summed E-state index contributed by atoms with van der Waals surface area (Å²) in [6.07, 6.45) is 1.62. The van der Waals surface area contributed by atoms with Crippen molar-refractivity contribution in [3.8, 4) is 5.75 Å². The number of ether oxygens (including phenoxy) is 1. The predicted octanol–water partition coefficient (Wildman–Crippen LogP) is 3.48. The summed E-state index contributed by atoms with van der Waals surface area (Å²) >= 11 is 6.40. The van der Waals surface area contributed by atoms with E-state index in [-0.39, 0.29) is 30.9 Å². The van der Waals surface area contributed by atoms with Crippen LogP contribution in [0.15, 0.2) is 48.5 Å². The Bertz CT molecular complexity index is 1130. The maximum absolute atomic E-state index is 13.6. The third kappa shape index (κ3) is 5.83. The lowest BCUT2D eigenvalue weighted by molar-refractivity contribution is -0.188. The van der Waals surface area contributed by atoms with E-state index < -0.39 is 12.2 Å². The van der Waals surface area contributed by atoms with Crippen LogP contribution in [0.2, 0.25) is 5.02 Å². The number of rotatable bonds is 8. The Morgan fingerprint density at radius 3 is 2.54 bits per heavy atom. The SMILES string of the molecule is CCCC[C@H]1C(=O)N(Cc2ccccc2Cl)C[C@H]2N1C(=O)CN(C)N2C(=O)NCc1ccc(OC)cc1. The summed E-state index contributed by atoms with van der Waals surface area (Å²) in [6, 6.07) is 13.9. The third-order valence-electron chi connectivity index (χ3n) is 6.90. The molecule has 2 aromatic carbocycles. The zero-order chi connectivity index (χ0) is 26.5. The Labute approximate surface area is 222 Å². The molecule has 0 saturated carbocycles. The van der Waals surface area contributed by atoms with Gasteiger partial charge in [0.2, 0.25) is 11.8 Å². The summed E-state index contributed by atoms with van der Waals surface area (Å²) in [5.74, 6) is 0.475. The molecule has 2 atom stereocenters. The van der Waals surface area contributed by atoms with E-state index in [0.717, 1.165) is 29.7 Å². The third-order valence-corrected chi connectivity index (χ3v) is 7.27. The molecule has 0 aliphatic carbocycles. The molecule has 37 heavy (non-hydrogen) atoms. The average molecular weight is 528 g/mol. The van der Waals surface area contributed by atoms with Gasteiger partial charge in [-0.2, -0.15) is 0 Å². The fraction of sp³-hybridized carbons (Fsp3) is 0.444. The summed E-state index contributed by atoms with van der Waals surface area (Å²) in [5.41, 5.74) is 1.74. The number of fused-ring (bicyclic) bond motifs is 1. The number of benzene rings is 2. The first-order chi connectivity index (χ1) is 17.8. The van der Waals surface area contributed by atoms with Crippen molar-refractivity contribution in [1.82, 2.24) is 25.1 Å². The smallest absolute Gasteiger partial charge is 0.334 e. The minimum Gasteiger partial charge on any atom is -0.497 e. The van der Waals surface area contributed by atoms with Crippen molar-refractivity contribution in [1.29, 1.82) is 0 Å². The van der Waals surface area contributed by atoms with E-state index in [1.807, 2.05) is 42.5 Å². The van der Waals surface area contributed by atoms with Crippen molar-refractivity contribution in [2.45, 2.75) is 51.5 Å². The second-order valence-electron chi connectivity index (χ2n) is 9.42. The number of urea groups is 1. The van der Waals surface area contributed by atoms with Crippen molar-refractivity contribution in [2.75, 3.05) is 27.2 Å². The molecule has 0 spiro atoms. The number of likely N-dealkylation sites (N-methyl/N-ethyl adjacent to an activating group) is 1. The molecule has 9 nitrogen and oxygen atoms in total. The number of carbonyl (C=O) groups is 3. The van der Waals surface area contributed by atoms with Crippen molar-refractivity contribution in [2.24, 2.45) is 0 Å².